The number of hydrogen-bond donors (Lipinski definition) is 1. The third-order valence-electron chi connectivity index (χ3n) is 2.43. The molecule has 0 aliphatic carbocycles. The van der Waals surface area contributed by atoms with Crippen molar-refractivity contribution in [1.29, 1.82) is 0 Å². The molecule has 0 radical (unpaired) electrons. The average molecular weight is 329 g/mol. The number of nitrogens with zero attached hydrogens (tertiary/aromatic N) is 1. The molecule has 0 spiro atoms. The normalized spacial score (nSPS) is 10.5. The zero-order chi connectivity index (χ0) is 16.4. The molecule has 0 fully saturated rings. The van der Waals surface area contributed by atoms with Gasteiger partial charge >= 0.3 is 6.09 Å². The van der Waals surface area contributed by atoms with Crippen molar-refractivity contribution in [3.8, 4) is 11.5 Å². The summed E-state index contributed by atoms with van der Waals surface area (Å²) < 4.78 is 15.8. The predicted octanol–water partition coefficient (Wildman–Crippen LogP) is 3.61. The lowest BCUT2D eigenvalue weighted by Gasteiger charge is -2.13. The van der Waals surface area contributed by atoms with Crippen LogP contribution >= 0.6 is 11.6 Å². The number of ether oxygens (including phenoxy) is 3. The Morgan fingerprint density at radius 3 is 2.68 bits per heavy atom. The first-order chi connectivity index (χ1) is 10.6. The van der Waals surface area contributed by atoms with Gasteiger partial charge in [-0.25, -0.2) is 10.2 Å². The maximum absolute atomic E-state index is 11.1. The van der Waals surface area contributed by atoms with E-state index in [2.05, 4.69) is 10.5 Å². The molecule has 0 bridgehead atoms. The van der Waals surface area contributed by atoms with Gasteiger partial charge in [0.15, 0.2) is 11.5 Å². The van der Waals surface area contributed by atoms with Crippen LogP contribution in [0.3, 0.4) is 0 Å². The van der Waals surface area contributed by atoms with E-state index in [0.29, 0.717) is 35.3 Å². The van der Waals surface area contributed by atoms with Gasteiger partial charge in [0, 0.05) is 0 Å². The summed E-state index contributed by atoms with van der Waals surface area (Å²) in [7, 11) is 0. The molecule has 7 heteroatoms. The Morgan fingerprint density at radius 1 is 1.27 bits per heavy atom. The monoisotopic (exact) mass is 328 g/mol. The molecule has 0 heterocycles. The van der Waals surface area contributed by atoms with Gasteiger partial charge in [0.05, 0.1) is 31.1 Å². The van der Waals surface area contributed by atoms with E-state index < -0.39 is 6.09 Å². The van der Waals surface area contributed by atoms with Gasteiger partial charge in [0.1, 0.15) is 0 Å². The van der Waals surface area contributed by atoms with E-state index in [1.807, 2.05) is 13.8 Å². The summed E-state index contributed by atoms with van der Waals surface area (Å²) in [5.41, 5.74) is 2.92. The highest BCUT2D eigenvalue weighted by molar-refractivity contribution is 6.32. The van der Waals surface area contributed by atoms with E-state index in [9.17, 15) is 4.79 Å². The van der Waals surface area contributed by atoms with Gasteiger partial charge in [-0.2, -0.15) is 5.10 Å². The number of benzene rings is 1. The molecule has 0 aliphatic rings. The molecule has 1 amide bonds. The lowest BCUT2D eigenvalue weighted by molar-refractivity contribution is 0.152. The highest BCUT2D eigenvalue weighted by atomic mass is 35.5. The van der Waals surface area contributed by atoms with Gasteiger partial charge < -0.3 is 14.2 Å². The van der Waals surface area contributed by atoms with E-state index >= 15 is 0 Å². The molecular formula is C15H21ClN2O4. The highest BCUT2D eigenvalue weighted by Gasteiger charge is 2.12. The van der Waals surface area contributed by atoms with E-state index in [-0.39, 0.29) is 6.61 Å². The largest absolute Gasteiger partial charge is 0.490 e. The zero-order valence-corrected chi connectivity index (χ0v) is 13.8. The van der Waals surface area contributed by atoms with Crippen molar-refractivity contribution < 1.29 is 19.0 Å². The Bertz CT molecular complexity index is 521. The van der Waals surface area contributed by atoms with Crippen LogP contribution in [-0.4, -0.2) is 32.1 Å². The molecule has 0 atom stereocenters. The Kier molecular flexibility index (Phi) is 8.14. The summed E-state index contributed by atoms with van der Waals surface area (Å²) in [5.74, 6) is 1.06. The SMILES string of the molecule is CCCOc1c(Cl)cc(/C=N\NC(=O)OCC)cc1OCC. The Hall–Kier alpha value is -1.95. The Labute approximate surface area is 135 Å². The van der Waals surface area contributed by atoms with E-state index in [1.54, 1.807) is 19.1 Å². The van der Waals surface area contributed by atoms with Crippen molar-refractivity contribution in [3.63, 3.8) is 0 Å². The van der Waals surface area contributed by atoms with Crippen molar-refractivity contribution in [2.24, 2.45) is 5.10 Å². The van der Waals surface area contributed by atoms with Gasteiger partial charge in [0.25, 0.3) is 0 Å². The lowest BCUT2D eigenvalue weighted by Crippen LogP contribution is -2.18. The molecule has 122 valence electrons. The predicted molar refractivity (Wildman–Crippen MR) is 86.2 cm³/mol. The minimum absolute atomic E-state index is 0.283. The first-order valence-electron chi connectivity index (χ1n) is 7.17. The molecule has 0 saturated heterocycles. The molecule has 0 saturated carbocycles. The second-order valence-corrected chi connectivity index (χ2v) is 4.61. The van der Waals surface area contributed by atoms with Crippen molar-refractivity contribution in [2.45, 2.75) is 27.2 Å². The average Bonchev–Trinajstić information content (AvgIpc) is 2.47. The maximum Gasteiger partial charge on any atom is 0.427 e. The molecule has 0 aliphatic heterocycles. The zero-order valence-electron chi connectivity index (χ0n) is 13.0. The van der Waals surface area contributed by atoms with E-state index in [0.717, 1.165) is 6.42 Å². The minimum atomic E-state index is -0.613. The number of rotatable bonds is 8. The number of halogens is 1. The molecule has 1 aromatic carbocycles. The van der Waals surface area contributed by atoms with Crippen LogP contribution in [0.5, 0.6) is 11.5 Å². The van der Waals surface area contributed by atoms with Crippen LogP contribution < -0.4 is 14.9 Å². The van der Waals surface area contributed by atoms with Crippen LogP contribution in [0.15, 0.2) is 17.2 Å². The number of hydrazone groups is 1. The maximum atomic E-state index is 11.1. The second-order valence-electron chi connectivity index (χ2n) is 4.20. The minimum Gasteiger partial charge on any atom is -0.490 e. The van der Waals surface area contributed by atoms with Crippen LogP contribution in [0.4, 0.5) is 4.79 Å². The highest BCUT2D eigenvalue weighted by Crippen LogP contribution is 2.36. The summed E-state index contributed by atoms with van der Waals surface area (Å²) in [4.78, 5) is 11.1. The van der Waals surface area contributed by atoms with Crippen LogP contribution in [0.2, 0.25) is 5.02 Å². The van der Waals surface area contributed by atoms with Crippen molar-refractivity contribution in [1.82, 2.24) is 5.43 Å². The second kappa shape index (κ2) is 9.89. The molecular weight excluding hydrogens is 308 g/mol. The Morgan fingerprint density at radius 2 is 2.05 bits per heavy atom. The first-order valence-corrected chi connectivity index (χ1v) is 7.55. The fraction of sp³-hybridized carbons (Fsp3) is 0.467. The van der Waals surface area contributed by atoms with Gasteiger partial charge in [-0.15, -0.1) is 0 Å². The van der Waals surface area contributed by atoms with Gasteiger partial charge in [-0.05, 0) is 38.0 Å². The van der Waals surface area contributed by atoms with E-state index in [1.165, 1.54) is 6.21 Å². The van der Waals surface area contributed by atoms with Gasteiger partial charge in [-0.3, -0.25) is 0 Å². The number of hydrogen-bond acceptors (Lipinski definition) is 5. The standard InChI is InChI=1S/C15H21ClN2O4/c1-4-7-22-14-12(16)8-11(9-13(14)20-5-2)10-17-18-15(19)21-6-3/h8-10H,4-7H2,1-3H3,(H,18,19)/b17-10-. The first kappa shape index (κ1) is 18.1. The molecule has 6 nitrogen and oxygen atoms in total. The number of amides is 1. The number of nitrogens with one attached hydrogen (secondary N) is 1. The lowest BCUT2D eigenvalue weighted by atomic mass is 10.2. The fourth-order valence-corrected chi connectivity index (χ4v) is 1.87. The van der Waals surface area contributed by atoms with E-state index in [4.69, 9.17) is 25.8 Å². The van der Waals surface area contributed by atoms with Crippen LogP contribution in [-0.2, 0) is 4.74 Å². The smallest absolute Gasteiger partial charge is 0.427 e. The third kappa shape index (κ3) is 5.81. The van der Waals surface area contributed by atoms with Crippen molar-refractivity contribution in [3.05, 3.63) is 22.7 Å². The molecule has 0 unspecified atom stereocenters. The van der Waals surface area contributed by atoms with Crippen LogP contribution in [0.25, 0.3) is 0 Å². The molecule has 0 aromatic heterocycles. The van der Waals surface area contributed by atoms with Crippen molar-refractivity contribution >= 4 is 23.9 Å². The number of carbonyl (C=O) groups is 1. The summed E-state index contributed by atoms with van der Waals surface area (Å²) in [5, 5.41) is 4.22. The van der Waals surface area contributed by atoms with Gasteiger partial charge in [-0.1, -0.05) is 18.5 Å². The number of carbonyl (C=O) groups excluding carboxylic acids is 1. The summed E-state index contributed by atoms with van der Waals surface area (Å²) >= 11 is 6.22. The topological polar surface area (TPSA) is 69.2 Å². The molecule has 22 heavy (non-hydrogen) atoms. The van der Waals surface area contributed by atoms with Gasteiger partial charge in [0.2, 0.25) is 0 Å². The van der Waals surface area contributed by atoms with Crippen molar-refractivity contribution in [2.75, 3.05) is 19.8 Å². The van der Waals surface area contributed by atoms with Crippen LogP contribution in [0, 0.1) is 0 Å². The summed E-state index contributed by atoms with van der Waals surface area (Å²) in [6.45, 7) is 6.92. The molecule has 1 rings (SSSR count). The van der Waals surface area contributed by atoms with Crippen LogP contribution in [0.1, 0.15) is 32.8 Å². The fourth-order valence-electron chi connectivity index (χ4n) is 1.59. The summed E-state index contributed by atoms with van der Waals surface area (Å²) in [6, 6.07) is 3.43. The Balaban J connectivity index is 2.88. The quantitative estimate of drug-likeness (QED) is 0.584. The summed E-state index contributed by atoms with van der Waals surface area (Å²) in [6.07, 6.45) is 1.71. The molecule has 1 N–H and O–H groups in total. The third-order valence-corrected chi connectivity index (χ3v) is 2.71. The molecule has 1 aromatic rings.